The highest BCUT2D eigenvalue weighted by Crippen LogP contribution is 2.21. The van der Waals surface area contributed by atoms with E-state index in [1.165, 1.54) is 0 Å². The van der Waals surface area contributed by atoms with Crippen molar-refractivity contribution in [1.29, 1.82) is 0 Å². The molecule has 0 radical (unpaired) electrons. The first-order valence-electron chi connectivity index (χ1n) is 7.68. The molecule has 1 N–H and O–H groups in total. The average Bonchev–Trinajstić information content (AvgIpc) is 2.87. The molecule has 6 heteroatoms. The molecule has 3 aromatic rings. The van der Waals surface area contributed by atoms with E-state index < -0.39 is 0 Å². The van der Waals surface area contributed by atoms with E-state index in [-0.39, 0.29) is 5.91 Å². The van der Waals surface area contributed by atoms with Gasteiger partial charge in [-0.25, -0.2) is 0 Å². The number of anilines is 1. The van der Waals surface area contributed by atoms with Gasteiger partial charge in [0.05, 0.1) is 11.3 Å². The van der Waals surface area contributed by atoms with Crippen LogP contribution in [0.15, 0.2) is 36.4 Å². The van der Waals surface area contributed by atoms with Crippen molar-refractivity contribution in [2.24, 2.45) is 7.05 Å². The summed E-state index contributed by atoms with van der Waals surface area (Å²) >= 11 is 0. The summed E-state index contributed by atoms with van der Waals surface area (Å²) in [4.78, 5) is 16.8. The van der Waals surface area contributed by atoms with Crippen molar-refractivity contribution in [3.05, 3.63) is 59.2 Å². The molecular weight excluding hydrogens is 302 g/mol. The first-order valence-corrected chi connectivity index (χ1v) is 7.68. The zero-order valence-electron chi connectivity index (χ0n) is 14.2. The lowest BCUT2D eigenvalue weighted by molar-refractivity contribution is 0.102. The van der Waals surface area contributed by atoms with Gasteiger partial charge < -0.3 is 9.88 Å². The average molecular weight is 321 g/mol. The van der Waals surface area contributed by atoms with Crippen molar-refractivity contribution in [1.82, 2.24) is 19.7 Å². The maximum atomic E-state index is 12.5. The lowest BCUT2D eigenvalue weighted by atomic mass is 10.1. The number of aromatic nitrogens is 4. The summed E-state index contributed by atoms with van der Waals surface area (Å²) in [5, 5.41) is 11.2. The molecule has 0 saturated carbocycles. The van der Waals surface area contributed by atoms with Gasteiger partial charge in [0.1, 0.15) is 5.82 Å². The van der Waals surface area contributed by atoms with Crippen LogP contribution in [0.2, 0.25) is 0 Å². The highest BCUT2D eigenvalue weighted by molar-refractivity contribution is 6.05. The SMILES string of the molecule is Cc1ccc(C(=O)Nc2cccc(-c3nnc(C)n3C)c2)c(C)n1. The van der Waals surface area contributed by atoms with E-state index in [9.17, 15) is 4.79 Å². The highest BCUT2D eigenvalue weighted by atomic mass is 16.1. The number of benzene rings is 1. The van der Waals surface area contributed by atoms with Gasteiger partial charge in [0.15, 0.2) is 5.82 Å². The minimum atomic E-state index is -0.175. The Morgan fingerprint density at radius 1 is 1.08 bits per heavy atom. The van der Waals surface area contributed by atoms with E-state index in [4.69, 9.17) is 0 Å². The zero-order valence-corrected chi connectivity index (χ0v) is 14.2. The van der Waals surface area contributed by atoms with Crippen LogP contribution in [-0.4, -0.2) is 25.7 Å². The molecule has 0 saturated heterocycles. The van der Waals surface area contributed by atoms with Crippen LogP contribution < -0.4 is 5.32 Å². The number of amides is 1. The fourth-order valence-corrected chi connectivity index (χ4v) is 2.52. The molecule has 24 heavy (non-hydrogen) atoms. The predicted molar refractivity (Wildman–Crippen MR) is 92.8 cm³/mol. The van der Waals surface area contributed by atoms with E-state index >= 15 is 0 Å². The molecule has 0 fully saturated rings. The molecule has 0 aliphatic heterocycles. The zero-order chi connectivity index (χ0) is 17.3. The number of pyridine rings is 1. The molecule has 1 aromatic carbocycles. The number of carbonyl (C=O) groups excluding carboxylic acids is 1. The maximum absolute atomic E-state index is 12.5. The van der Waals surface area contributed by atoms with Crippen LogP contribution in [0.1, 0.15) is 27.6 Å². The van der Waals surface area contributed by atoms with Crippen LogP contribution in [0.5, 0.6) is 0 Å². The molecule has 0 aliphatic carbocycles. The number of nitrogens with one attached hydrogen (secondary N) is 1. The highest BCUT2D eigenvalue weighted by Gasteiger charge is 2.12. The van der Waals surface area contributed by atoms with Gasteiger partial charge in [-0.15, -0.1) is 10.2 Å². The van der Waals surface area contributed by atoms with Gasteiger partial charge in [-0.1, -0.05) is 12.1 Å². The Morgan fingerprint density at radius 2 is 1.88 bits per heavy atom. The fourth-order valence-electron chi connectivity index (χ4n) is 2.52. The molecule has 0 bridgehead atoms. The van der Waals surface area contributed by atoms with Crippen LogP contribution in [-0.2, 0) is 7.05 Å². The van der Waals surface area contributed by atoms with Crippen molar-refractivity contribution in [3.63, 3.8) is 0 Å². The summed E-state index contributed by atoms with van der Waals surface area (Å²) in [5.41, 5.74) is 3.78. The van der Waals surface area contributed by atoms with Crippen molar-refractivity contribution in [3.8, 4) is 11.4 Å². The second kappa shape index (κ2) is 6.23. The van der Waals surface area contributed by atoms with Crippen molar-refractivity contribution in [2.75, 3.05) is 5.32 Å². The minimum Gasteiger partial charge on any atom is -0.322 e. The lowest BCUT2D eigenvalue weighted by Gasteiger charge is -2.09. The molecule has 0 atom stereocenters. The molecule has 6 nitrogen and oxygen atoms in total. The number of hydrogen-bond donors (Lipinski definition) is 1. The van der Waals surface area contributed by atoms with Crippen molar-refractivity contribution in [2.45, 2.75) is 20.8 Å². The molecule has 0 spiro atoms. The second-order valence-corrected chi connectivity index (χ2v) is 5.75. The fraction of sp³-hybridized carbons (Fsp3) is 0.222. The lowest BCUT2D eigenvalue weighted by Crippen LogP contribution is -2.14. The summed E-state index contributed by atoms with van der Waals surface area (Å²) in [6.45, 7) is 5.64. The third kappa shape index (κ3) is 3.03. The first-order chi connectivity index (χ1) is 11.5. The third-order valence-electron chi connectivity index (χ3n) is 3.94. The molecule has 122 valence electrons. The van der Waals surface area contributed by atoms with Crippen LogP contribution in [0, 0.1) is 20.8 Å². The molecule has 0 aliphatic rings. The van der Waals surface area contributed by atoms with Gasteiger partial charge in [-0.2, -0.15) is 0 Å². The number of hydrogen-bond acceptors (Lipinski definition) is 4. The normalized spacial score (nSPS) is 10.7. The van der Waals surface area contributed by atoms with Crippen LogP contribution >= 0.6 is 0 Å². The van der Waals surface area contributed by atoms with E-state index in [1.807, 2.05) is 62.7 Å². The summed E-state index contributed by atoms with van der Waals surface area (Å²) in [6.07, 6.45) is 0. The van der Waals surface area contributed by atoms with E-state index in [0.717, 1.165) is 22.9 Å². The van der Waals surface area contributed by atoms with E-state index in [2.05, 4.69) is 20.5 Å². The largest absolute Gasteiger partial charge is 0.322 e. The van der Waals surface area contributed by atoms with Crippen LogP contribution in [0.25, 0.3) is 11.4 Å². The summed E-state index contributed by atoms with van der Waals surface area (Å²) in [7, 11) is 1.91. The predicted octanol–water partition coefficient (Wildman–Crippen LogP) is 3.05. The Morgan fingerprint density at radius 3 is 2.54 bits per heavy atom. The standard InChI is InChI=1S/C18H19N5O/c1-11-8-9-16(12(2)19-11)18(24)20-15-7-5-6-14(10-15)17-22-21-13(3)23(17)4/h5-10H,1-4H3,(H,20,24). The van der Waals surface area contributed by atoms with E-state index in [1.54, 1.807) is 6.07 Å². The minimum absolute atomic E-state index is 0.175. The molecule has 2 heterocycles. The molecule has 3 rings (SSSR count). The smallest absolute Gasteiger partial charge is 0.257 e. The summed E-state index contributed by atoms with van der Waals surface area (Å²) in [5.74, 6) is 1.42. The first kappa shape index (κ1) is 15.9. The molecule has 0 unspecified atom stereocenters. The quantitative estimate of drug-likeness (QED) is 0.804. The third-order valence-corrected chi connectivity index (χ3v) is 3.94. The van der Waals surface area contributed by atoms with Crippen LogP contribution in [0.3, 0.4) is 0 Å². The Labute approximate surface area is 140 Å². The monoisotopic (exact) mass is 321 g/mol. The number of rotatable bonds is 3. The second-order valence-electron chi connectivity index (χ2n) is 5.75. The van der Waals surface area contributed by atoms with Gasteiger partial charge in [-0.3, -0.25) is 9.78 Å². The van der Waals surface area contributed by atoms with Gasteiger partial charge in [-0.05, 0) is 45.0 Å². The van der Waals surface area contributed by atoms with Gasteiger partial charge in [0.25, 0.3) is 5.91 Å². The van der Waals surface area contributed by atoms with Crippen LogP contribution in [0.4, 0.5) is 5.69 Å². The molecule has 2 aromatic heterocycles. The van der Waals surface area contributed by atoms with Gasteiger partial charge in [0, 0.05) is 24.0 Å². The summed E-state index contributed by atoms with van der Waals surface area (Å²) in [6, 6.07) is 11.2. The Bertz CT molecular complexity index is 914. The number of carbonyl (C=O) groups is 1. The van der Waals surface area contributed by atoms with Crippen molar-refractivity contribution >= 4 is 11.6 Å². The number of aryl methyl sites for hydroxylation is 3. The molecular formula is C18H19N5O. The topological polar surface area (TPSA) is 72.7 Å². The van der Waals surface area contributed by atoms with E-state index in [0.29, 0.717) is 16.9 Å². The van der Waals surface area contributed by atoms with Crippen molar-refractivity contribution < 1.29 is 4.79 Å². The van der Waals surface area contributed by atoms with Gasteiger partial charge in [0.2, 0.25) is 0 Å². The Hall–Kier alpha value is -3.02. The maximum Gasteiger partial charge on any atom is 0.257 e. The van der Waals surface area contributed by atoms with Gasteiger partial charge >= 0.3 is 0 Å². The summed E-state index contributed by atoms with van der Waals surface area (Å²) < 4.78 is 1.91. The Balaban J connectivity index is 1.87. The Kier molecular flexibility index (Phi) is 4.12. The number of nitrogens with zero attached hydrogens (tertiary/aromatic N) is 4. The molecule has 1 amide bonds.